The number of urea groups is 1. The van der Waals surface area contributed by atoms with Crippen LogP contribution in [-0.2, 0) is 11.2 Å². The van der Waals surface area contributed by atoms with Crippen LogP contribution in [0, 0.1) is 6.92 Å². The van der Waals surface area contributed by atoms with Gasteiger partial charge in [0.15, 0.2) is 0 Å². The second-order valence-corrected chi connectivity index (χ2v) is 7.12. The summed E-state index contributed by atoms with van der Waals surface area (Å²) in [6.45, 7) is 5.02. The average molecular weight is 322 g/mol. The predicted octanol–water partition coefficient (Wildman–Crippen LogP) is 2.75. The molecule has 0 aliphatic carbocycles. The second-order valence-electron chi connectivity index (χ2n) is 5.85. The monoisotopic (exact) mass is 322 g/mol. The highest BCUT2D eigenvalue weighted by Crippen LogP contribution is 2.32. The van der Waals surface area contributed by atoms with E-state index in [-0.39, 0.29) is 10.8 Å². The molecule has 2 rings (SSSR count). The van der Waals surface area contributed by atoms with Gasteiger partial charge in [0.2, 0.25) is 0 Å². The molecule has 0 aromatic heterocycles. The number of rotatable bonds is 6. The Morgan fingerprint density at radius 1 is 1.32 bits per heavy atom. The van der Waals surface area contributed by atoms with Crippen molar-refractivity contribution in [2.24, 2.45) is 0 Å². The van der Waals surface area contributed by atoms with Gasteiger partial charge in [-0.15, -0.1) is 0 Å². The van der Waals surface area contributed by atoms with Gasteiger partial charge in [0.05, 0.1) is 0 Å². The third-order valence-corrected chi connectivity index (χ3v) is 5.61. The van der Waals surface area contributed by atoms with Crippen LogP contribution in [0.1, 0.15) is 24.0 Å². The van der Waals surface area contributed by atoms with Crippen LogP contribution < -0.4 is 10.6 Å². The molecule has 2 N–H and O–H groups in total. The summed E-state index contributed by atoms with van der Waals surface area (Å²) in [5.74, 6) is 0. The van der Waals surface area contributed by atoms with E-state index < -0.39 is 0 Å². The summed E-state index contributed by atoms with van der Waals surface area (Å²) in [6.07, 6.45) is 4.97. The molecule has 1 heterocycles. The Morgan fingerprint density at radius 2 is 2.09 bits per heavy atom. The number of benzene rings is 1. The molecule has 5 heteroatoms. The number of aryl methyl sites for hydroxylation is 1. The van der Waals surface area contributed by atoms with Gasteiger partial charge in [-0.25, -0.2) is 4.79 Å². The van der Waals surface area contributed by atoms with E-state index in [1.165, 1.54) is 11.1 Å². The maximum Gasteiger partial charge on any atom is 0.314 e. The van der Waals surface area contributed by atoms with Crippen molar-refractivity contribution < 1.29 is 9.53 Å². The zero-order valence-electron chi connectivity index (χ0n) is 13.5. The van der Waals surface area contributed by atoms with E-state index in [9.17, 15) is 4.79 Å². The molecule has 0 unspecified atom stereocenters. The molecule has 1 aliphatic heterocycles. The summed E-state index contributed by atoms with van der Waals surface area (Å²) in [7, 11) is 0. The van der Waals surface area contributed by atoms with Gasteiger partial charge in [-0.3, -0.25) is 0 Å². The summed E-state index contributed by atoms with van der Waals surface area (Å²) in [6, 6.07) is 8.31. The first-order valence-electron chi connectivity index (χ1n) is 7.84. The topological polar surface area (TPSA) is 50.4 Å². The Kier molecular flexibility index (Phi) is 6.58. The molecule has 1 aliphatic rings. The second kappa shape index (κ2) is 8.44. The normalized spacial score (nSPS) is 17.0. The molecule has 2 amide bonds. The Balaban J connectivity index is 1.69. The molecule has 1 fully saturated rings. The van der Waals surface area contributed by atoms with Crippen LogP contribution >= 0.6 is 11.8 Å². The number of ether oxygens (including phenoxy) is 1. The molecule has 4 nitrogen and oxygen atoms in total. The molecule has 1 saturated heterocycles. The summed E-state index contributed by atoms with van der Waals surface area (Å²) in [5, 5.41) is 5.96. The molecule has 22 heavy (non-hydrogen) atoms. The quantitative estimate of drug-likeness (QED) is 0.847. The molecule has 0 saturated carbocycles. The Labute approximate surface area is 137 Å². The number of carbonyl (C=O) groups excluding carboxylic acids is 1. The minimum absolute atomic E-state index is 0.0763. The fourth-order valence-electron chi connectivity index (χ4n) is 2.69. The Morgan fingerprint density at radius 3 is 2.77 bits per heavy atom. The van der Waals surface area contributed by atoms with E-state index in [0.717, 1.165) is 32.5 Å². The molecule has 1 aromatic carbocycles. The lowest BCUT2D eigenvalue weighted by Gasteiger charge is -2.35. The molecule has 0 spiro atoms. The molecular weight excluding hydrogens is 296 g/mol. The molecule has 122 valence electrons. The molecule has 0 radical (unpaired) electrons. The van der Waals surface area contributed by atoms with E-state index in [2.05, 4.69) is 48.1 Å². The van der Waals surface area contributed by atoms with Crippen molar-refractivity contribution in [1.82, 2.24) is 10.6 Å². The molecule has 0 bridgehead atoms. The number of hydrogen-bond acceptors (Lipinski definition) is 3. The highest BCUT2D eigenvalue weighted by molar-refractivity contribution is 8.00. The van der Waals surface area contributed by atoms with Crippen LogP contribution in [0.2, 0.25) is 0 Å². The Bertz CT molecular complexity index is 487. The maximum absolute atomic E-state index is 11.9. The Hall–Kier alpha value is -1.20. The van der Waals surface area contributed by atoms with Gasteiger partial charge in [0.25, 0.3) is 0 Å². The van der Waals surface area contributed by atoms with Crippen LogP contribution in [-0.4, -0.2) is 43.3 Å². The minimum atomic E-state index is -0.0763. The van der Waals surface area contributed by atoms with E-state index >= 15 is 0 Å². The zero-order chi connectivity index (χ0) is 15.8. The van der Waals surface area contributed by atoms with Crippen LogP contribution in [0.15, 0.2) is 24.3 Å². The zero-order valence-corrected chi connectivity index (χ0v) is 14.3. The minimum Gasteiger partial charge on any atom is -0.381 e. The SMILES string of the molecule is CSC1(CNC(=O)NCCc2cccc(C)c2)CCOCC1. The highest BCUT2D eigenvalue weighted by atomic mass is 32.2. The van der Waals surface area contributed by atoms with E-state index in [1.54, 1.807) is 0 Å². The fourth-order valence-corrected chi connectivity index (χ4v) is 3.48. The average Bonchev–Trinajstić information content (AvgIpc) is 2.54. The third-order valence-electron chi connectivity index (χ3n) is 4.19. The first-order chi connectivity index (χ1) is 10.6. The number of hydrogen-bond donors (Lipinski definition) is 2. The van der Waals surface area contributed by atoms with Crippen LogP contribution in [0.3, 0.4) is 0 Å². The van der Waals surface area contributed by atoms with Gasteiger partial charge in [-0.1, -0.05) is 29.8 Å². The van der Waals surface area contributed by atoms with Gasteiger partial charge in [0, 0.05) is 31.1 Å². The van der Waals surface area contributed by atoms with Gasteiger partial charge < -0.3 is 15.4 Å². The van der Waals surface area contributed by atoms with Crippen molar-refractivity contribution >= 4 is 17.8 Å². The van der Waals surface area contributed by atoms with Gasteiger partial charge in [-0.2, -0.15) is 11.8 Å². The summed E-state index contributed by atoms with van der Waals surface area (Å²) in [5.41, 5.74) is 2.51. The predicted molar refractivity (Wildman–Crippen MR) is 92.6 cm³/mol. The molecule has 0 atom stereocenters. The lowest BCUT2D eigenvalue weighted by Crippen LogP contribution is -2.47. The highest BCUT2D eigenvalue weighted by Gasteiger charge is 2.31. The first-order valence-corrected chi connectivity index (χ1v) is 9.06. The molecule has 1 aromatic rings. The van der Waals surface area contributed by atoms with Crippen molar-refractivity contribution in [3.63, 3.8) is 0 Å². The van der Waals surface area contributed by atoms with Crippen molar-refractivity contribution in [2.45, 2.75) is 30.9 Å². The maximum atomic E-state index is 11.9. The largest absolute Gasteiger partial charge is 0.381 e. The third kappa shape index (κ3) is 5.21. The molecular formula is C17H26N2O2S. The lowest BCUT2D eigenvalue weighted by molar-refractivity contribution is 0.0777. The van der Waals surface area contributed by atoms with Crippen molar-refractivity contribution in [3.8, 4) is 0 Å². The lowest BCUT2D eigenvalue weighted by atomic mass is 9.99. The number of amides is 2. The smallest absolute Gasteiger partial charge is 0.314 e. The van der Waals surface area contributed by atoms with Crippen molar-refractivity contribution in [1.29, 1.82) is 0 Å². The van der Waals surface area contributed by atoms with Crippen LogP contribution in [0.25, 0.3) is 0 Å². The van der Waals surface area contributed by atoms with E-state index in [4.69, 9.17) is 4.74 Å². The number of carbonyl (C=O) groups is 1. The van der Waals surface area contributed by atoms with Gasteiger partial charge >= 0.3 is 6.03 Å². The summed E-state index contributed by atoms with van der Waals surface area (Å²) >= 11 is 1.83. The number of thioether (sulfide) groups is 1. The van der Waals surface area contributed by atoms with Gasteiger partial charge in [-0.05, 0) is 38.0 Å². The van der Waals surface area contributed by atoms with E-state index in [1.807, 2.05) is 11.8 Å². The van der Waals surface area contributed by atoms with Crippen LogP contribution in [0.4, 0.5) is 4.79 Å². The van der Waals surface area contributed by atoms with E-state index in [0.29, 0.717) is 13.1 Å². The number of nitrogens with one attached hydrogen (secondary N) is 2. The van der Waals surface area contributed by atoms with Gasteiger partial charge in [0.1, 0.15) is 0 Å². The van der Waals surface area contributed by atoms with Crippen molar-refractivity contribution in [3.05, 3.63) is 35.4 Å². The summed E-state index contributed by atoms with van der Waals surface area (Å²) < 4.78 is 5.55. The standard InChI is InChI=1S/C17H26N2O2S/c1-14-4-3-5-15(12-14)6-9-18-16(20)19-13-17(22-2)7-10-21-11-8-17/h3-5,12H,6-11,13H2,1-2H3,(H2,18,19,20). The van der Waals surface area contributed by atoms with Crippen LogP contribution in [0.5, 0.6) is 0 Å². The first kappa shape index (κ1) is 17.2. The van der Waals surface area contributed by atoms with Crippen molar-refractivity contribution in [2.75, 3.05) is 32.6 Å². The summed E-state index contributed by atoms with van der Waals surface area (Å²) in [4.78, 5) is 11.9. The fraction of sp³-hybridized carbons (Fsp3) is 0.588.